The molecule has 0 aliphatic carbocycles. The predicted octanol–water partition coefficient (Wildman–Crippen LogP) is -3.62. The zero-order chi connectivity index (χ0) is 9.72. The summed E-state index contributed by atoms with van der Waals surface area (Å²) in [5.41, 5.74) is 4.99. The summed E-state index contributed by atoms with van der Waals surface area (Å²) in [6.07, 6.45) is -5.91. The Hall–Kier alpha value is -0.240. The molecule has 0 radical (unpaired) electrons. The predicted molar refractivity (Wildman–Crippen MR) is 40.2 cm³/mol. The van der Waals surface area contributed by atoms with Crippen LogP contribution in [0, 0.1) is 0 Å². The molecule has 0 amide bonds. The minimum Gasteiger partial charge on any atom is -0.394 e. The van der Waals surface area contributed by atoms with Crippen molar-refractivity contribution in [1.82, 2.24) is 0 Å². The van der Waals surface area contributed by atoms with Crippen molar-refractivity contribution in [3.05, 3.63) is 0 Å². The Balaban J connectivity index is 3.99. The number of nitrogens with two attached hydrogens (primary N) is 1. The highest BCUT2D eigenvalue weighted by Gasteiger charge is 2.28. The minimum absolute atomic E-state index is 0.226. The third-order valence-electron chi connectivity index (χ3n) is 1.57. The molecule has 0 unspecified atom stereocenters. The van der Waals surface area contributed by atoms with Gasteiger partial charge in [0.2, 0.25) is 0 Å². The largest absolute Gasteiger partial charge is 0.394 e. The van der Waals surface area contributed by atoms with Crippen molar-refractivity contribution >= 4 is 0 Å². The quantitative estimate of drug-likeness (QED) is 0.260. The highest BCUT2D eigenvalue weighted by Crippen LogP contribution is 2.03. The second-order valence-corrected chi connectivity index (χ2v) is 2.53. The van der Waals surface area contributed by atoms with Gasteiger partial charge in [0.25, 0.3) is 0 Å². The molecule has 0 aromatic carbocycles. The molecule has 6 nitrogen and oxygen atoms in total. The number of hydrogen-bond donors (Lipinski definition) is 6. The Kier molecular flexibility index (Phi) is 5.31. The molecule has 0 bridgehead atoms. The molecular formula is C6H15NO5. The molecule has 0 aliphatic rings. The fourth-order valence-corrected chi connectivity index (χ4v) is 0.703. The highest BCUT2D eigenvalue weighted by atomic mass is 16.4. The first-order chi connectivity index (χ1) is 5.54. The van der Waals surface area contributed by atoms with Crippen LogP contribution in [0.15, 0.2) is 0 Å². The fourth-order valence-electron chi connectivity index (χ4n) is 0.703. The normalized spacial score (nSPS) is 21.5. The zero-order valence-corrected chi connectivity index (χ0v) is 6.54. The van der Waals surface area contributed by atoms with Crippen LogP contribution in [0.4, 0.5) is 0 Å². The summed E-state index contributed by atoms with van der Waals surface area (Å²) < 4.78 is 0. The molecule has 0 aliphatic heterocycles. The first-order valence-corrected chi connectivity index (χ1v) is 3.57. The van der Waals surface area contributed by atoms with Gasteiger partial charge in [-0.3, -0.25) is 0 Å². The van der Waals surface area contributed by atoms with Crippen molar-refractivity contribution < 1.29 is 25.5 Å². The van der Waals surface area contributed by atoms with Crippen molar-refractivity contribution in [2.75, 3.05) is 13.2 Å². The number of hydrogen-bond acceptors (Lipinski definition) is 6. The average Bonchev–Trinajstić information content (AvgIpc) is 2.12. The highest BCUT2D eigenvalue weighted by molar-refractivity contribution is 4.80. The third kappa shape index (κ3) is 3.02. The summed E-state index contributed by atoms with van der Waals surface area (Å²) in [5, 5.41) is 44.2. The van der Waals surface area contributed by atoms with Gasteiger partial charge in [-0.05, 0) is 0 Å². The van der Waals surface area contributed by atoms with Gasteiger partial charge < -0.3 is 31.3 Å². The van der Waals surface area contributed by atoms with Gasteiger partial charge in [-0.25, -0.2) is 0 Å². The van der Waals surface area contributed by atoms with E-state index in [1.54, 1.807) is 0 Å². The van der Waals surface area contributed by atoms with Crippen LogP contribution in [-0.4, -0.2) is 63.1 Å². The molecule has 12 heavy (non-hydrogen) atoms. The van der Waals surface area contributed by atoms with Crippen molar-refractivity contribution in [1.29, 1.82) is 0 Å². The Labute approximate surface area is 69.9 Å². The van der Waals surface area contributed by atoms with E-state index < -0.39 is 31.0 Å². The zero-order valence-electron chi connectivity index (χ0n) is 6.54. The number of aliphatic hydroxyl groups excluding tert-OH is 5. The van der Waals surface area contributed by atoms with Crippen LogP contribution in [-0.2, 0) is 0 Å². The SMILES string of the molecule is NC[C@@H](O)[C@H](O)[C@H](O)[C@@H](O)CO. The summed E-state index contributed by atoms with van der Waals surface area (Å²) in [4.78, 5) is 0. The molecule has 7 N–H and O–H groups in total. The standard InChI is InChI=1S/C6H15NO5/c7-1-3(9)5(11)6(12)4(10)2-8/h3-6,8-12H,1-2,7H2/t3-,4+,5+,6-/m1/s1. The van der Waals surface area contributed by atoms with Crippen molar-refractivity contribution in [2.45, 2.75) is 24.4 Å². The van der Waals surface area contributed by atoms with E-state index in [0.717, 1.165) is 0 Å². The Morgan fingerprint density at radius 2 is 1.33 bits per heavy atom. The van der Waals surface area contributed by atoms with Gasteiger partial charge in [0.05, 0.1) is 12.7 Å². The summed E-state index contributed by atoms with van der Waals surface area (Å²) in [6.45, 7) is -0.911. The van der Waals surface area contributed by atoms with Gasteiger partial charge in [-0.2, -0.15) is 0 Å². The lowest BCUT2D eigenvalue weighted by atomic mass is 10.0. The van der Waals surface area contributed by atoms with Gasteiger partial charge in [0.15, 0.2) is 0 Å². The second kappa shape index (κ2) is 5.41. The van der Waals surface area contributed by atoms with Crippen LogP contribution in [0.5, 0.6) is 0 Å². The van der Waals surface area contributed by atoms with Crippen LogP contribution in [0.3, 0.4) is 0 Å². The molecule has 0 heterocycles. The minimum atomic E-state index is -1.59. The number of rotatable bonds is 5. The van der Waals surface area contributed by atoms with Crippen molar-refractivity contribution in [3.8, 4) is 0 Å². The van der Waals surface area contributed by atoms with Gasteiger partial charge in [0.1, 0.15) is 18.3 Å². The van der Waals surface area contributed by atoms with E-state index in [9.17, 15) is 0 Å². The van der Waals surface area contributed by atoms with Crippen LogP contribution in [0.1, 0.15) is 0 Å². The first kappa shape index (κ1) is 11.8. The smallest absolute Gasteiger partial charge is 0.111 e. The monoisotopic (exact) mass is 181 g/mol. The van der Waals surface area contributed by atoms with Crippen LogP contribution < -0.4 is 5.73 Å². The molecule has 74 valence electrons. The molecule has 0 spiro atoms. The Bertz CT molecular complexity index is 109. The summed E-state index contributed by atoms with van der Waals surface area (Å²) in [5.74, 6) is 0. The van der Waals surface area contributed by atoms with E-state index in [1.807, 2.05) is 0 Å². The van der Waals surface area contributed by atoms with Crippen LogP contribution in [0.2, 0.25) is 0 Å². The van der Waals surface area contributed by atoms with Crippen LogP contribution >= 0.6 is 0 Å². The fraction of sp³-hybridized carbons (Fsp3) is 1.00. The van der Waals surface area contributed by atoms with E-state index in [2.05, 4.69) is 0 Å². The lowest BCUT2D eigenvalue weighted by Gasteiger charge is -2.24. The third-order valence-corrected chi connectivity index (χ3v) is 1.57. The van der Waals surface area contributed by atoms with Crippen molar-refractivity contribution in [2.24, 2.45) is 5.73 Å². The Morgan fingerprint density at radius 3 is 1.67 bits per heavy atom. The van der Waals surface area contributed by atoms with E-state index in [0.29, 0.717) is 0 Å². The molecule has 0 saturated carbocycles. The number of aliphatic hydroxyl groups is 5. The summed E-state index contributed by atoms with van der Waals surface area (Å²) in [7, 11) is 0. The molecule has 0 rings (SSSR count). The lowest BCUT2D eigenvalue weighted by Crippen LogP contribution is -2.48. The van der Waals surface area contributed by atoms with Gasteiger partial charge in [-0.1, -0.05) is 0 Å². The molecular weight excluding hydrogens is 166 g/mol. The van der Waals surface area contributed by atoms with Gasteiger partial charge >= 0.3 is 0 Å². The Morgan fingerprint density at radius 1 is 0.917 bits per heavy atom. The van der Waals surface area contributed by atoms with Gasteiger partial charge in [0, 0.05) is 6.54 Å². The first-order valence-electron chi connectivity index (χ1n) is 3.57. The van der Waals surface area contributed by atoms with E-state index in [4.69, 9.17) is 31.3 Å². The lowest BCUT2D eigenvalue weighted by molar-refractivity contribution is -0.112. The van der Waals surface area contributed by atoms with E-state index in [-0.39, 0.29) is 6.54 Å². The molecule has 0 saturated heterocycles. The maximum Gasteiger partial charge on any atom is 0.111 e. The molecule has 0 aromatic heterocycles. The topological polar surface area (TPSA) is 127 Å². The summed E-state index contributed by atoms with van der Waals surface area (Å²) in [6, 6.07) is 0. The molecule has 0 fully saturated rings. The maximum atomic E-state index is 9.04. The molecule has 0 aromatic rings. The average molecular weight is 181 g/mol. The maximum absolute atomic E-state index is 9.04. The molecule has 4 atom stereocenters. The molecule has 6 heteroatoms. The van der Waals surface area contributed by atoms with Crippen molar-refractivity contribution in [3.63, 3.8) is 0 Å². The second-order valence-electron chi connectivity index (χ2n) is 2.53. The van der Waals surface area contributed by atoms with Gasteiger partial charge in [-0.15, -0.1) is 0 Å². The summed E-state index contributed by atoms with van der Waals surface area (Å²) >= 11 is 0. The van der Waals surface area contributed by atoms with E-state index in [1.165, 1.54) is 0 Å². The van der Waals surface area contributed by atoms with E-state index >= 15 is 0 Å². The van der Waals surface area contributed by atoms with Crippen LogP contribution in [0.25, 0.3) is 0 Å².